The minimum Gasteiger partial charge on any atom is -0.362 e. The molecule has 0 saturated heterocycles. The monoisotopic (exact) mass is 529 g/mol. The van der Waals surface area contributed by atoms with Crippen molar-refractivity contribution in [3.63, 3.8) is 0 Å². The molecular weight excluding hydrogens is 504 g/mol. The summed E-state index contributed by atoms with van der Waals surface area (Å²) in [5.74, 6) is -2.69. The van der Waals surface area contributed by atoms with Crippen LogP contribution in [0.25, 0.3) is 17.7 Å². The quantitative estimate of drug-likeness (QED) is 0.315. The Kier molecular flexibility index (Phi) is 6.84. The van der Waals surface area contributed by atoms with Gasteiger partial charge in [0.05, 0.1) is 12.1 Å². The molecule has 1 aliphatic rings. The van der Waals surface area contributed by atoms with Crippen molar-refractivity contribution in [3.05, 3.63) is 116 Å². The van der Waals surface area contributed by atoms with Crippen LogP contribution in [0.3, 0.4) is 0 Å². The first-order valence-corrected chi connectivity index (χ1v) is 12.2. The maximum atomic E-state index is 13.6. The normalized spacial score (nSPS) is 13.7. The summed E-state index contributed by atoms with van der Waals surface area (Å²) < 4.78 is 29.7. The first kappa shape index (κ1) is 25.7. The van der Waals surface area contributed by atoms with E-state index in [0.717, 1.165) is 29.0 Å². The van der Waals surface area contributed by atoms with Crippen molar-refractivity contribution < 1.29 is 18.4 Å². The lowest BCUT2D eigenvalue weighted by Gasteiger charge is -2.08. The molecule has 0 atom stereocenters. The van der Waals surface area contributed by atoms with E-state index in [1.165, 1.54) is 15.4 Å². The lowest BCUT2D eigenvalue weighted by molar-refractivity contribution is -0.110. The molecule has 0 radical (unpaired) electrons. The van der Waals surface area contributed by atoms with Crippen LogP contribution in [-0.2, 0) is 18.4 Å². The zero-order chi connectivity index (χ0) is 27.7. The number of nitrogens with zero attached hydrogens (tertiary/aromatic N) is 2. The molecule has 0 aliphatic carbocycles. The summed E-state index contributed by atoms with van der Waals surface area (Å²) in [4.78, 5) is 41.3. The number of hydrogen-bond acceptors (Lipinski definition) is 3. The fourth-order valence-electron chi connectivity index (χ4n) is 4.50. The van der Waals surface area contributed by atoms with Gasteiger partial charge in [-0.15, -0.1) is 0 Å². The largest absolute Gasteiger partial charge is 0.362 e. The Morgan fingerprint density at radius 3 is 2.64 bits per heavy atom. The van der Waals surface area contributed by atoms with Crippen molar-refractivity contribution in [1.82, 2.24) is 19.7 Å². The van der Waals surface area contributed by atoms with Gasteiger partial charge in [0, 0.05) is 42.4 Å². The van der Waals surface area contributed by atoms with Crippen molar-refractivity contribution >= 4 is 35.2 Å². The minimum atomic E-state index is -1.00. The van der Waals surface area contributed by atoms with Crippen molar-refractivity contribution in [2.75, 3.05) is 11.9 Å². The van der Waals surface area contributed by atoms with Gasteiger partial charge in [-0.05, 0) is 54.5 Å². The SMILES string of the molecule is Cc1c(C(=O)NC/C=C/c2ccc3c(c2)NC(=O)C3=Cc2ccc[nH]2)c(=O)n(Cc2ccc(F)c(F)c2)n1C. The summed E-state index contributed by atoms with van der Waals surface area (Å²) in [7, 11) is 1.62. The van der Waals surface area contributed by atoms with Crippen molar-refractivity contribution in [3.8, 4) is 0 Å². The molecule has 2 aromatic heterocycles. The molecular formula is C29H25F2N5O3. The molecule has 2 aromatic carbocycles. The Bertz CT molecular complexity index is 1710. The van der Waals surface area contributed by atoms with E-state index < -0.39 is 23.1 Å². The van der Waals surface area contributed by atoms with Crippen LogP contribution in [0.2, 0.25) is 0 Å². The number of amides is 2. The summed E-state index contributed by atoms with van der Waals surface area (Å²) in [5.41, 5.74) is 4.03. The molecule has 39 heavy (non-hydrogen) atoms. The Morgan fingerprint density at radius 1 is 1.08 bits per heavy atom. The number of carbonyl (C=O) groups excluding carboxylic acids is 2. The van der Waals surface area contributed by atoms with Gasteiger partial charge in [0.15, 0.2) is 11.6 Å². The van der Waals surface area contributed by atoms with Gasteiger partial charge in [-0.2, -0.15) is 0 Å². The van der Waals surface area contributed by atoms with Crippen LogP contribution in [0, 0.1) is 18.6 Å². The van der Waals surface area contributed by atoms with Gasteiger partial charge in [0.25, 0.3) is 17.4 Å². The Hall–Kier alpha value is -4.99. The van der Waals surface area contributed by atoms with Gasteiger partial charge < -0.3 is 15.6 Å². The van der Waals surface area contributed by atoms with Crippen LogP contribution >= 0.6 is 0 Å². The number of halogens is 2. The number of nitrogens with one attached hydrogen (secondary N) is 3. The predicted molar refractivity (Wildman–Crippen MR) is 145 cm³/mol. The molecule has 0 bridgehead atoms. The molecule has 0 unspecified atom stereocenters. The topological polar surface area (TPSA) is 101 Å². The first-order valence-electron chi connectivity index (χ1n) is 12.2. The van der Waals surface area contributed by atoms with Gasteiger partial charge in [-0.1, -0.05) is 30.4 Å². The number of aromatic nitrogens is 3. The van der Waals surface area contributed by atoms with Crippen LogP contribution in [0.5, 0.6) is 0 Å². The van der Waals surface area contributed by atoms with E-state index in [9.17, 15) is 23.2 Å². The van der Waals surface area contributed by atoms with Gasteiger partial charge in [-0.25, -0.2) is 13.5 Å². The van der Waals surface area contributed by atoms with Crippen LogP contribution in [0.15, 0.2) is 65.6 Å². The molecule has 10 heteroatoms. The highest BCUT2D eigenvalue weighted by Gasteiger charge is 2.24. The highest BCUT2D eigenvalue weighted by Crippen LogP contribution is 2.33. The van der Waals surface area contributed by atoms with Crippen LogP contribution in [0.4, 0.5) is 14.5 Å². The number of H-pyrrole nitrogens is 1. The summed E-state index contributed by atoms with van der Waals surface area (Å²) >= 11 is 0. The Morgan fingerprint density at radius 2 is 1.90 bits per heavy atom. The fourth-order valence-corrected chi connectivity index (χ4v) is 4.50. The second-order valence-corrected chi connectivity index (χ2v) is 9.15. The van der Waals surface area contributed by atoms with E-state index in [-0.39, 0.29) is 24.6 Å². The molecule has 3 heterocycles. The fraction of sp³-hybridized carbons (Fsp3) is 0.138. The third-order valence-electron chi connectivity index (χ3n) is 6.64. The summed E-state index contributed by atoms with van der Waals surface area (Å²) in [6.07, 6.45) is 7.13. The minimum absolute atomic E-state index is 0.0165. The maximum absolute atomic E-state index is 13.6. The molecule has 0 spiro atoms. The van der Waals surface area contributed by atoms with Gasteiger partial charge in [0.2, 0.25) is 0 Å². The second-order valence-electron chi connectivity index (χ2n) is 9.15. The number of hydrogen-bond donors (Lipinski definition) is 3. The molecule has 2 amide bonds. The predicted octanol–water partition coefficient (Wildman–Crippen LogP) is 4.09. The highest BCUT2D eigenvalue weighted by atomic mass is 19.2. The number of fused-ring (bicyclic) bond motifs is 1. The highest BCUT2D eigenvalue weighted by molar-refractivity contribution is 6.34. The van der Waals surface area contributed by atoms with Crippen molar-refractivity contribution in [2.45, 2.75) is 13.5 Å². The standard InChI is InChI=1S/C29H25F2N5O3/c1-17-26(29(39)36(35(17)2)16-19-8-10-23(30)24(31)13-19)28(38)33-12-3-5-18-7-9-21-22(15-20-6-4-11-32-20)27(37)34-25(21)14-18/h3-11,13-15,32H,12,16H2,1-2H3,(H,33,38)(H,34,37)/b5-3+,22-15?. The average Bonchev–Trinajstić information content (AvgIpc) is 3.59. The average molecular weight is 530 g/mol. The van der Waals surface area contributed by atoms with Crippen LogP contribution < -0.4 is 16.2 Å². The lowest BCUT2D eigenvalue weighted by atomic mass is 10.0. The van der Waals surface area contributed by atoms with Crippen LogP contribution in [0.1, 0.15) is 38.4 Å². The number of benzene rings is 2. The molecule has 198 valence electrons. The van der Waals surface area contributed by atoms with E-state index in [4.69, 9.17) is 0 Å². The summed E-state index contributed by atoms with van der Waals surface area (Å²) in [6, 6.07) is 12.7. The number of carbonyl (C=O) groups is 2. The van der Waals surface area contributed by atoms with E-state index in [1.807, 2.05) is 30.3 Å². The van der Waals surface area contributed by atoms with E-state index in [0.29, 0.717) is 22.5 Å². The maximum Gasteiger partial charge on any atom is 0.280 e. The van der Waals surface area contributed by atoms with E-state index in [1.54, 1.807) is 38.4 Å². The summed E-state index contributed by atoms with van der Waals surface area (Å²) in [5, 5.41) is 5.59. The third kappa shape index (κ3) is 5.08. The van der Waals surface area contributed by atoms with E-state index in [2.05, 4.69) is 15.6 Å². The molecule has 8 nitrogen and oxygen atoms in total. The number of anilines is 1. The van der Waals surface area contributed by atoms with Crippen molar-refractivity contribution in [2.24, 2.45) is 7.05 Å². The van der Waals surface area contributed by atoms with E-state index >= 15 is 0 Å². The molecule has 0 saturated carbocycles. The summed E-state index contributed by atoms with van der Waals surface area (Å²) in [6.45, 7) is 1.79. The smallest absolute Gasteiger partial charge is 0.280 e. The number of aromatic amines is 1. The molecule has 5 rings (SSSR count). The molecule has 3 N–H and O–H groups in total. The van der Waals surface area contributed by atoms with Gasteiger partial charge >= 0.3 is 0 Å². The zero-order valence-electron chi connectivity index (χ0n) is 21.2. The molecule has 0 fully saturated rings. The first-order chi connectivity index (χ1) is 18.7. The number of rotatable bonds is 7. The third-order valence-corrected chi connectivity index (χ3v) is 6.64. The molecule has 4 aromatic rings. The lowest BCUT2D eigenvalue weighted by Crippen LogP contribution is -2.31. The Labute approximate surface area is 222 Å². The molecule has 1 aliphatic heterocycles. The van der Waals surface area contributed by atoms with Gasteiger partial charge in [0.1, 0.15) is 5.56 Å². The Balaban J connectivity index is 1.25. The van der Waals surface area contributed by atoms with Crippen LogP contribution in [-0.4, -0.2) is 32.7 Å². The zero-order valence-corrected chi connectivity index (χ0v) is 21.2. The van der Waals surface area contributed by atoms with Gasteiger partial charge in [-0.3, -0.25) is 19.1 Å². The second kappa shape index (κ2) is 10.4. The van der Waals surface area contributed by atoms with Crippen molar-refractivity contribution in [1.29, 1.82) is 0 Å².